The molecular formula is C13H21ClN2O3. The fraction of sp³-hybridized carbons (Fsp3) is 0.769. The predicted octanol–water partition coefficient (Wildman–Crippen LogP) is 1.44. The first-order chi connectivity index (χ1) is 9.17. The Bertz CT molecular complexity index is 416. The smallest absolute Gasteiger partial charge is 0.107 e. The number of hydrogen-bond donors (Lipinski definition) is 1. The predicted molar refractivity (Wildman–Crippen MR) is 72.6 cm³/mol. The number of aryl methyl sites for hydroxylation is 2. The summed E-state index contributed by atoms with van der Waals surface area (Å²) in [7, 11) is 0. The van der Waals surface area contributed by atoms with E-state index in [1.807, 2.05) is 18.5 Å². The number of halogens is 1. The summed E-state index contributed by atoms with van der Waals surface area (Å²) in [6.07, 6.45) is 0.325. The van der Waals surface area contributed by atoms with Gasteiger partial charge in [0.2, 0.25) is 0 Å². The van der Waals surface area contributed by atoms with Gasteiger partial charge in [0.15, 0.2) is 0 Å². The van der Waals surface area contributed by atoms with Gasteiger partial charge in [0, 0.05) is 13.0 Å². The average molecular weight is 289 g/mol. The van der Waals surface area contributed by atoms with Gasteiger partial charge in [-0.15, -0.1) is 0 Å². The summed E-state index contributed by atoms with van der Waals surface area (Å²) in [5.74, 6) is 0. The van der Waals surface area contributed by atoms with E-state index in [4.69, 9.17) is 21.1 Å². The molecule has 0 aliphatic carbocycles. The molecule has 19 heavy (non-hydrogen) atoms. The van der Waals surface area contributed by atoms with Gasteiger partial charge in [0.1, 0.15) is 6.10 Å². The van der Waals surface area contributed by atoms with Crippen LogP contribution in [0.3, 0.4) is 0 Å². The van der Waals surface area contributed by atoms with Crippen LogP contribution < -0.4 is 0 Å². The van der Waals surface area contributed by atoms with E-state index in [0.29, 0.717) is 31.3 Å². The summed E-state index contributed by atoms with van der Waals surface area (Å²) in [6.45, 7) is 6.33. The van der Waals surface area contributed by atoms with Crippen LogP contribution in [0.2, 0.25) is 5.02 Å². The molecule has 1 aliphatic rings. The molecule has 1 fully saturated rings. The summed E-state index contributed by atoms with van der Waals surface area (Å²) in [4.78, 5) is 0. The second-order valence-corrected chi connectivity index (χ2v) is 5.01. The SMILES string of the molecule is CCc1nn(CC)c(CC(O)C2COCCO2)c1Cl. The fourth-order valence-electron chi connectivity index (χ4n) is 2.27. The molecule has 0 saturated carbocycles. The number of ether oxygens (including phenoxy) is 2. The Kier molecular flexibility index (Phi) is 5.21. The van der Waals surface area contributed by atoms with E-state index >= 15 is 0 Å². The number of aromatic nitrogens is 2. The maximum absolute atomic E-state index is 10.2. The Morgan fingerprint density at radius 3 is 2.84 bits per heavy atom. The zero-order valence-electron chi connectivity index (χ0n) is 11.4. The zero-order valence-corrected chi connectivity index (χ0v) is 12.2. The molecule has 0 bridgehead atoms. The van der Waals surface area contributed by atoms with Crippen molar-refractivity contribution in [2.45, 2.75) is 45.4 Å². The highest BCUT2D eigenvalue weighted by Gasteiger charge is 2.26. The van der Waals surface area contributed by atoms with Crippen LogP contribution in [0.5, 0.6) is 0 Å². The van der Waals surface area contributed by atoms with Gasteiger partial charge in [-0.25, -0.2) is 0 Å². The lowest BCUT2D eigenvalue weighted by Gasteiger charge is -2.27. The second kappa shape index (κ2) is 6.70. The monoisotopic (exact) mass is 288 g/mol. The van der Waals surface area contributed by atoms with Gasteiger partial charge in [-0.3, -0.25) is 4.68 Å². The molecule has 1 N–H and O–H groups in total. The molecule has 108 valence electrons. The molecule has 2 atom stereocenters. The lowest BCUT2D eigenvalue weighted by molar-refractivity contribution is -0.131. The van der Waals surface area contributed by atoms with E-state index < -0.39 is 6.10 Å². The van der Waals surface area contributed by atoms with Crippen LogP contribution in [0.1, 0.15) is 25.2 Å². The normalized spacial score (nSPS) is 21.6. The Morgan fingerprint density at radius 1 is 1.47 bits per heavy atom. The highest BCUT2D eigenvalue weighted by Crippen LogP contribution is 2.24. The third-order valence-corrected chi connectivity index (χ3v) is 3.80. The van der Waals surface area contributed by atoms with E-state index in [1.54, 1.807) is 0 Å². The zero-order chi connectivity index (χ0) is 13.8. The first kappa shape index (κ1) is 14.8. The summed E-state index contributed by atoms with van der Waals surface area (Å²) in [6, 6.07) is 0. The first-order valence-corrected chi connectivity index (χ1v) is 7.16. The molecular weight excluding hydrogens is 268 g/mol. The quantitative estimate of drug-likeness (QED) is 0.891. The molecule has 1 saturated heterocycles. The molecule has 0 aromatic carbocycles. The highest BCUT2D eigenvalue weighted by atomic mass is 35.5. The Morgan fingerprint density at radius 2 is 2.26 bits per heavy atom. The summed E-state index contributed by atoms with van der Waals surface area (Å²) in [5, 5.41) is 15.4. The largest absolute Gasteiger partial charge is 0.390 e. The number of aliphatic hydroxyl groups is 1. The van der Waals surface area contributed by atoms with Crippen LogP contribution in [-0.2, 0) is 28.9 Å². The Hall–Kier alpha value is -0.620. The molecule has 0 radical (unpaired) electrons. The molecule has 1 aliphatic heterocycles. The summed E-state index contributed by atoms with van der Waals surface area (Å²) >= 11 is 6.32. The minimum atomic E-state index is -0.621. The Balaban J connectivity index is 2.10. The second-order valence-electron chi connectivity index (χ2n) is 4.63. The van der Waals surface area contributed by atoms with E-state index in [2.05, 4.69) is 5.10 Å². The topological polar surface area (TPSA) is 56.5 Å². The Labute approximate surface area is 118 Å². The van der Waals surface area contributed by atoms with Gasteiger partial charge in [0.25, 0.3) is 0 Å². The van der Waals surface area contributed by atoms with Crippen LogP contribution in [0.25, 0.3) is 0 Å². The third-order valence-electron chi connectivity index (χ3n) is 3.37. The molecule has 2 rings (SSSR count). The lowest BCUT2D eigenvalue weighted by Crippen LogP contribution is -2.39. The summed E-state index contributed by atoms with van der Waals surface area (Å²) in [5.41, 5.74) is 1.76. The highest BCUT2D eigenvalue weighted by molar-refractivity contribution is 6.31. The number of aliphatic hydroxyl groups excluding tert-OH is 1. The minimum Gasteiger partial charge on any atom is -0.390 e. The van der Waals surface area contributed by atoms with Crippen molar-refractivity contribution in [3.05, 3.63) is 16.4 Å². The maximum atomic E-state index is 10.2. The standard InChI is InChI=1S/C13H21ClN2O3/c1-3-9-13(14)10(16(4-2)15-9)7-11(17)12-8-18-5-6-19-12/h11-12,17H,3-8H2,1-2H3. The van der Waals surface area contributed by atoms with E-state index in [0.717, 1.165) is 24.4 Å². The van der Waals surface area contributed by atoms with Gasteiger partial charge in [0.05, 0.1) is 42.3 Å². The van der Waals surface area contributed by atoms with Crippen molar-refractivity contribution < 1.29 is 14.6 Å². The van der Waals surface area contributed by atoms with Crippen molar-refractivity contribution in [3.8, 4) is 0 Å². The van der Waals surface area contributed by atoms with Gasteiger partial charge in [-0.1, -0.05) is 18.5 Å². The third kappa shape index (κ3) is 3.28. The molecule has 1 aromatic rings. The van der Waals surface area contributed by atoms with Crippen molar-refractivity contribution in [2.24, 2.45) is 0 Å². The molecule has 0 amide bonds. The van der Waals surface area contributed by atoms with Crippen molar-refractivity contribution in [1.82, 2.24) is 9.78 Å². The molecule has 0 spiro atoms. The summed E-state index contributed by atoms with van der Waals surface area (Å²) < 4.78 is 12.7. The van der Waals surface area contributed by atoms with E-state index in [1.165, 1.54) is 0 Å². The van der Waals surface area contributed by atoms with Gasteiger partial charge in [-0.2, -0.15) is 5.10 Å². The van der Waals surface area contributed by atoms with Gasteiger partial charge < -0.3 is 14.6 Å². The van der Waals surface area contributed by atoms with Crippen LogP contribution in [0.4, 0.5) is 0 Å². The van der Waals surface area contributed by atoms with Crippen molar-refractivity contribution in [1.29, 1.82) is 0 Å². The van der Waals surface area contributed by atoms with Crippen LogP contribution in [0, 0.1) is 0 Å². The minimum absolute atomic E-state index is 0.282. The molecule has 6 heteroatoms. The number of nitrogens with zero attached hydrogens (tertiary/aromatic N) is 2. The van der Waals surface area contributed by atoms with Crippen molar-refractivity contribution in [2.75, 3.05) is 19.8 Å². The van der Waals surface area contributed by atoms with Gasteiger partial charge >= 0.3 is 0 Å². The number of rotatable bonds is 5. The van der Waals surface area contributed by atoms with Crippen LogP contribution in [0.15, 0.2) is 0 Å². The van der Waals surface area contributed by atoms with Crippen LogP contribution >= 0.6 is 11.6 Å². The molecule has 5 nitrogen and oxygen atoms in total. The fourth-order valence-corrected chi connectivity index (χ4v) is 2.62. The van der Waals surface area contributed by atoms with E-state index in [9.17, 15) is 5.11 Å². The van der Waals surface area contributed by atoms with Crippen molar-refractivity contribution in [3.63, 3.8) is 0 Å². The lowest BCUT2D eigenvalue weighted by atomic mass is 10.1. The number of hydrogen-bond acceptors (Lipinski definition) is 4. The van der Waals surface area contributed by atoms with Crippen LogP contribution in [-0.4, -0.2) is 46.9 Å². The van der Waals surface area contributed by atoms with E-state index in [-0.39, 0.29) is 6.10 Å². The average Bonchev–Trinajstić information content (AvgIpc) is 2.76. The first-order valence-electron chi connectivity index (χ1n) is 6.78. The molecule has 1 aromatic heterocycles. The molecule has 2 heterocycles. The maximum Gasteiger partial charge on any atom is 0.107 e. The van der Waals surface area contributed by atoms with Crippen molar-refractivity contribution >= 4 is 11.6 Å². The molecule has 2 unspecified atom stereocenters. The van der Waals surface area contributed by atoms with Gasteiger partial charge in [-0.05, 0) is 13.3 Å².